The molecule has 21 heavy (non-hydrogen) atoms. The highest BCUT2D eigenvalue weighted by Crippen LogP contribution is 2.18. The smallest absolute Gasteiger partial charge is 0.120 e. The second-order valence-electron chi connectivity index (χ2n) is 6.54. The van der Waals surface area contributed by atoms with E-state index in [0.717, 1.165) is 37.8 Å². The van der Waals surface area contributed by atoms with E-state index in [4.69, 9.17) is 9.15 Å². The highest BCUT2D eigenvalue weighted by atomic mass is 16.5. The van der Waals surface area contributed by atoms with Crippen LogP contribution in [0.1, 0.15) is 50.2 Å². The molecule has 0 radical (unpaired) electrons. The zero-order valence-corrected chi connectivity index (χ0v) is 13.9. The van der Waals surface area contributed by atoms with Crippen LogP contribution in [-0.4, -0.2) is 37.2 Å². The van der Waals surface area contributed by atoms with Crippen molar-refractivity contribution in [2.75, 3.05) is 20.2 Å². The number of aryl methyl sites for hydroxylation is 1. The van der Waals surface area contributed by atoms with Crippen molar-refractivity contribution in [2.45, 2.75) is 65.3 Å². The van der Waals surface area contributed by atoms with Crippen molar-refractivity contribution >= 4 is 0 Å². The summed E-state index contributed by atoms with van der Waals surface area (Å²) in [6, 6.07) is 2.64. The summed E-state index contributed by atoms with van der Waals surface area (Å²) in [4.78, 5) is 2.30. The Hall–Kier alpha value is -0.840. The number of nitrogens with one attached hydrogen (secondary N) is 1. The molecule has 2 rings (SSSR count). The Bertz CT molecular complexity index is 422. The zero-order valence-electron chi connectivity index (χ0n) is 13.9. The van der Waals surface area contributed by atoms with Crippen molar-refractivity contribution in [2.24, 2.45) is 0 Å². The second kappa shape index (κ2) is 7.97. The normalized spacial score (nSPS) is 19.6. The van der Waals surface area contributed by atoms with E-state index in [1.807, 2.05) is 0 Å². The topological polar surface area (TPSA) is 37.6 Å². The van der Waals surface area contributed by atoms with E-state index in [-0.39, 0.29) is 0 Å². The summed E-state index contributed by atoms with van der Waals surface area (Å²) in [6.45, 7) is 9.98. The summed E-state index contributed by atoms with van der Waals surface area (Å²) in [5, 5.41) is 3.41. The number of likely N-dealkylation sites (N-methyl/N-ethyl adjacent to an activating group) is 1. The van der Waals surface area contributed by atoms with Crippen molar-refractivity contribution in [3.8, 4) is 0 Å². The first-order valence-electron chi connectivity index (χ1n) is 8.16. The lowest BCUT2D eigenvalue weighted by atomic mass is 10.1. The number of ether oxygens (including phenoxy) is 1. The van der Waals surface area contributed by atoms with Gasteiger partial charge in [0.05, 0.1) is 19.2 Å². The van der Waals surface area contributed by atoms with Crippen LogP contribution in [0.2, 0.25) is 0 Å². The van der Waals surface area contributed by atoms with Crippen molar-refractivity contribution < 1.29 is 9.15 Å². The zero-order chi connectivity index (χ0) is 15.2. The minimum absolute atomic E-state index is 0.391. The van der Waals surface area contributed by atoms with E-state index in [1.165, 1.54) is 24.8 Å². The van der Waals surface area contributed by atoms with Crippen LogP contribution in [0.25, 0.3) is 0 Å². The second-order valence-corrected chi connectivity index (χ2v) is 6.54. The molecule has 0 spiro atoms. The lowest BCUT2D eigenvalue weighted by molar-refractivity contribution is -0.00342. The summed E-state index contributed by atoms with van der Waals surface area (Å²) >= 11 is 0. The molecule has 1 aliphatic heterocycles. The molecule has 0 amide bonds. The van der Waals surface area contributed by atoms with E-state index < -0.39 is 0 Å². The van der Waals surface area contributed by atoms with Gasteiger partial charge in [0, 0.05) is 19.2 Å². The maximum Gasteiger partial charge on any atom is 0.120 e. The van der Waals surface area contributed by atoms with Gasteiger partial charge in [-0.3, -0.25) is 4.90 Å². The molecular formula is C17H30N2O2. The molecule has 1 atom stereocenters. The summed E-state index contributed by atoms with van der Waals surface area (Å²) in [6.07, 6.45) is 4.08. The van der Waals surface area contributed by atoms with Crippen LogP contribution < -0.4 is 5.32 Å². The van der Waals surface area contributed by atoms with Gasteiger partial charge in [0.2, 0.25) is 0 Å². The van der Waals surface area contributed by atoms with Gasteiger partial charge in [0.1, 0.15) is 11.5 Å². The molecule has 1 fully saturated rings. The Balaban J connectivity index is 1.82. The van der Waals surface area contributed by atoms with Crippen LogP contribution in [0, 0.1) is 6.92 Å². The standard InChI is InChI=1S/C17H30N2O2/c1-13(2)18-10-17-14(3)9-16(21-17)12-19(4)11-15-7-5-6-8-20-15/h9,13,15,18H,5-8,10-12H2,1-4H3. The lowest BCUT2D eigenvalue weighted by Crippen LogP contribution is -2.32. The number of nitrogens with zero attached hydrogens (tertiary/aromatic N) is 1. The fourth-order valence-electron chi connectivity index (χ4n) is 2.77. The molecule has 0 saturated carbocycles. The highest BCUT2D eigenvalue weighted by Gasteiger charge is 2.17. The van der Waals surface area contributed by atoms with Crippen LogP contribution in [0.15, 0.2) is 10.5 Å². The number of rotatable bonds is 7. The quantitative estimate of drug-likeness (QED) is 0.838. The summed E-state index contributed by atoms with van der Waals surface area (Å²) in [5.41, 5.74) is 1.24. The highest BCUT2D eigenvalue weighted by molar-refractivity contribution is 5.20. The van der Waals surface area contributed by atoms with Gasteiger partial charge >= 0.3 is 0 Å². The third-order valence-electron chi connectivity index (χ3n) is 3.96. The average Bonchev–Trinajstić information content (AvgIpc) is 2.77. The molecule has 4 nitrogen and oxygen atoms in total. The summed E-state index contributed by atoms with van der Waals surface area (Å²) in [5.74, 6) is 2.10. The maximum absolute atomic E-state index is 5.98. The molecule has 0 aromatic carbocycles. The maximum atomic E-state index is 5.98. The average molecular weight is 294 g/mol. The van der Waals surface area contributed by atoms with Crippen LogP contribution in [-0.2, 0) is 17.8 Å². The van der Waals surface area contributed by atoms with Crippen LogP contribution in [0.3, 0.4) is 0 Å². The Labute approximate surface area is 128 Å². The van der Waals surface area contributed by atoms with E-state index in [9.17, 15) is 0 Å². The largest absolute Gasteiger partial charge is 0.463 e. The predicted octanol–water partition coefficient (Wildman–Crippen LogP) is 3.09. The van der Waals surface area contributed by atoms with Gasteiger partial charge in [-0.15, -0.1) is 0 Å². The van der Waals surface area contributed by atoms with Crippen LogP contribution in [0.5, 0.6) is 0 Å². The van der Waals surface area contributed by atoms with E-state index >= 15 is 0 Å². The minimum atomic E-state index is 0.391. The molecule has 1 saturated heterocycles. The van der Waals surface area contributed by atoms with Crippen molar-refractivity contribution in [3.05, 3.63) is 23.2 Å². The third-order valence-corrected chi connectivity index (χ3v) is 3.96. The Morgan fingerprint density at radius 2 is 2.19 bits per heavy atom. The van der Waals surface area contributed by atoms with Gasteiger partial charge in [-0.2, -0.15) is 0 Å². The first kappa shape index (κ1) is 16.5. The lowest BCUT2D eigenvalue weighted by Gasteiger charge is -2.26. The predicted molar refractivity (Wildman–Crippen MR) is 85.3 cm³/mol. The molecule has 120 valence electrons. The number of hydrogen-bond acceptors (Lipinski definition) is 4. The molecule has 1 aromatic rings. The number of hydrogen-bond donors (Lipinski definition) is 1. The fourth-order valence-corrected chi connectivity index (χ4v) is 2.77. The first-order valence-corrected chi connectivity index (χ1v) is 8.16. The molecule has 1 aliphatic rings. The molecule has 1 unspecified atom stereocenters. The minimum Gasteiger partial charge on any atom is -0.463 e. The summed E-state index contributed by atoms with van der Waals surface area (Å²) in [7, 11) is 2.14. The fraction of sp³-hybridized carbons (Fsp3) is 0.765. The van der Waals surface area contributed by atoms with Crippen molar-refractivity contribution in [1.82, 2.24) is 10.2 Å². The molecule has 1 N–H and O–H groups in total. The Morgan fingerprint density at radius 1 is 1.38 bits per heavy atom. The molecular weight excluding hydrogens is 264 g/mol. The van der Waals surface area contributed by atoms with E-state index in [1.54, 1.807) is 0 Å². The van der Waals surface area contributed by atoms with Crippen molar-refractivity contribution in [3.63, 3.8) is 0 Å². The van der Waals surface area contributed by atoms with E-state index in [0.29, 0.717) is 12.1 Å². The summed E-state index contributed by atoms with van der Waals surface area (Å²) < 4.78 is 11.8. The van der Waals surface area contributed by atoms with Crippen LogP contribution in [0.4, 0.5) is 0 Å². The van der Waals surface area contributed by atoms with Gasteiger partial charge in [-0.25, -0.2) is 0 Å². The van der Waals surface area contributed by atoms with E-state index in [2.05, 4.69) is 44.1 Å². The third kappa shape index (κ3) is 5.46. The van der Waals surface area contributed by atoms with Gasteiger partial charge in [0.25, 0.3) is 0 Å². The van der Waals surface area contributed by atoms with Gasteiger partial charge in [0.15, 0.2) is 0 Å². The molecule has 4 heteroatoms. The molecule has 1 aromatic heterocycles. The first-order chi connectivity index (χ1) is 10.0. The Morgan fingerprint density at radius 3 is 2.86 bits per heavy atom. The SMILES string of the molecule is Cc1cc(CN(C)CC2CCCCO2)oc1CNC(C)C. The van der Waals surface area contributed by atoms with Gasteiger partial charge < -0.3 is 14.5 Å². The van der Waals surface area contributed by atoms with Crippen LogP contribution >= 0.6 is 0 Å². The monoisotopic (exact) mass is 294 g/mol. The molecule has 0 aliphatic carbocycles. The Kier molecular flexibility index (Phi) is 6.27. The molecule has 2 heterocycles. The number of furan rings is 1. The van der Waals surface area contributed by atoms with Crippen molar-refractivity contribution in [1.29, 1.82) is 0 Å². The van der Waals surface area contributed by atoms with Gasteiger partial charge in [-0.05, 0) is 44.9 Å². The van der Waals surface area contributed by atoms with Gasteiger partial charge in [-0.1, -0.05) is 13.8 Å². The molecule has 0 bridgehead atoms.